The fourth-order valence-electron chi connectivity index (χ4n) is 2.75. The molecule has 2 rings (SSSR count). The Bertz CT molecular complexity index is 230. The predicted molar refractivity (Wildman–Crippen MR) is 56.1 cm³/mol. The number of rotatable bonds is 3. The maximum atomic E-state index is 10.2. The minimum absolute atomic E-state index is 0.319. The van der Waals surface area contributed by atoms with Crippen molar-refractivity contribution in [3.8, 4) is 0 Å². The predicted octanol–water partition coefficient (Wildman–Crippen LogP) is 2.27. The number of methoxy groups -OCH3 is 1. The Morgan fingerprint density at radius 2 is 2.00 bits per heavy atom. The highest BCUT2D eigenvalue weighted by atomic mass is 16.5. The zero-order chi connectivity index (χ0) is 10.2. The van der Waals surface area contributed by atoms with E-state index in [1.165, 1.54) is 19.3 Å². The van der Waals surface area contributed by atoms with Gasteiger partial charge in [-0.1, -0.05) is 25.8 Å². The summed E-state index contributed by atoms with van der Waals surface area (Å²) in [4.78, 5) is 0. The summed E-state index contributed by atoms with van der Waals surface area (Å²) in [6.07, 6.45) is 6.67. The van der Waals surface area contributed by atoms with Crippen molar-refractivity contribution in [2.24, 2.45) is 5.92 Å². The second-order valence-electron chi connectivity index (χ2n) is 4.72. The molecule has 0 saturated heterocycles. The van der Waals surface area contributed by atoms with E-state index in [1.54, 1.807) is 7.11 Å². The van der Waals surface area contributed by atoms with Crippen LogP contribution < -0.4 is 0 Å². The summed E-state index contributed by atoms with van der Waals surface area (Å²) in [6, 6.07) is 0. The van der Waals surface area contributed by atoms with Crippen molar-refractivity contribution in [3.05, 3.63) is 12.2 Å². The van der Waals surface area contributed by atoms with Crippen molar-refractivity contribution >= 4 is 0 Å². The van der Waals surface area contributed by atoms with Crippen LogP contribution in [0.3, 0.4) is 0 Å². The lowest BCUT2D eigenvalue weighted by atomic mass is 9.82. The maximum Gasteiger partial charge on any atom is 0.118 e. The zero-order valence-electron chi connectivity index (χ0n) is 8.96. The summed E-state index contributed by atoms with van der Waals surface area (Å²) in [5, 5.41) is 10.2. The van der Waals surface area contributed by atoms with Crippen LogP contribution in [-0.4, -0.2) is 23.9 Å². The van der Waals surface area contributed by atoms with Gasteiger partial charge >= 0.3 is 0 Å². The second-order valence-corrected chi connectivity index (χ2v) is 4.72. The first kappa shape index (κ1) is 10.2. The van der Waals surface area contributed by atoms with Gasteiger partial charge in [0, 0.05) is 13.5 Å². The minimum Gasteiger partial charge on any atom is -0.389 e. The molecule has 0 aliphatic heterocycles. The molecule has 2 fully saturated rings. The summed E-state index contributed by atoms with van der Waals surface area (Å²) in [6.45, 7) is 3.92. The van der Waals surface area contributed by atoms with Gasteiger partial charge in [0.2, 0.25) is 0 Å². The molecule has 0 amide bonds. The second kappa shape index (κ2) is 3.67. The topological polar surface area (TPSA) is 29.5 Å². The molecule has 2 heteroatoms. The first-order valence-electron chi connectivity index (χ1n) is 5.62. The van der Waals surface area contributed by atoms with Gasteiger partial charge in [0.05, 0.1) is 6.10 Å². The van der Waals surface area contributed by atoms with Crippen LogP contribution in [-0.2, 0) is 4.74 Å². The molecule has 0 spiro atoms. The number of hydrogen-bond donors (Lipinski definition) is 1. The van der Waals surface area contributed by atoms with Crippen molar-refractivity contribution in [2.75, 3.05) is 7.11 Å². The molecule has 2 aliphatic carbocycles. The van der Waals surface area contributed by atoms with E-state index in [4.69, 9.17) is 4.74 Å². The molecule has 2 nitrogen and oxygen atoms in total. The Morgan fingerprint density at radius 3 is 2.43 bits per heavy atom. The zero-order valence-corrected chi connectivity index (χ0v) is 8.96. The number of aliphatic hydroxyl groups excluding tert-OH is 1. The van der Waals surface area contributed by atoms with Gasteiger partial charge < -0.3 is 9.84 Å². The molecule has 0 aromatic rings. The lowest BCUT2D eigenvalue weighted by Crippen LogP contribution is -2.38. The first-order valence-corrected chi connectivity index (χ1v) is 5.62. The third kappa shape index (κ3) is 1.51. The molecule has 2 aliphatic rings. The van der Waals surface area contributed by atoms with Crippen molar-refractivity contribution in [2.45, 2.75) is 50.2 Å². The molecule has 2 unspecified atom stereocenters. The Kier molecular flexibility index (Phi) is 2.67. The van der Waals surface area contributed by atoms with Gasteiger partial charge in [0.15, 0.2) is 0 Å². The summed E-state index contributed by atoms with van der Waals surface area (Å²) in [7, 11) is 1.68. The molecule has 2 saturated carbocycles. The van der Waals surface area contributed by atoms with Crippen LogP contribution in [0, 0.1) is 5.92 Å². The first-order chi connectivity index (χ1) is 6.70. The molecule has 80 valence electrons. The van der Waals surface area contributed by atoms with Crippen molar-refractivity contribution in [1.29, 1.82) is 0 Å². The average Bonchev–Trinajstić information content (AvgIpc) is 2.91. The fourth-order valence-corrected chi connectivity index (χ4v) is 2.75. The molecular weight excluding hydrogens is 176 g/mol. The lowest BCUT2D eigenvalue weighted by molar-refractivity contribution is -0.0587. The summed E-state index contributed by atoms with van der Waals surface area (Å²) < 4.78 is 5.43. The lowest BCUT2D eigenvalue weighted by Gasteiger charge is -2.31. The third-order valence-electron chi connectivity index (χ3n) is 3.89. The van der Waals surface area contributed by atoms with E-state index in [9.17, 15) is 5.11 Å². The molecule has 0 aromatic heterocycles. The van der Waals surface area contributed by atoms with E-state index in [2.05, 4.69) is 6.58 Å². The van der Waals surface area contributed by atoms with Crippen LogP contribution >= 0.6 is 0 Å². The van der Waals surface area contributed by atoms with Gasteiger partial charge in [-0.3, -0.25) is 0 Å². The normalized spacial score (nSPS) is 35.7. The van der Waals surface area contributed by atoms with Gasteiger partial charge in [-0.05, 0) is 24.3 Å². The van der Waals surface area contributed by atoms with Crippen molar-refractivity contribution < 1.29 is 9.84 Å². The van der Waals surface area contributed by atoms with E-state index in [0.29, 0.717) is 5.92 Å². The van der Waals surface area contributed by atoms with E-state index in [1.807, 2.05) is 0 Å². The summed E-state index contributed by atoms with van der Waals surface area (Å²) >= 11 is 0. The van der Waals surface area contributed by atoms with Gasteiger partial charge in [-0.25, -0.2) is 0 Å². The maximum absolute atomic E-state index is 10.2. The Labute approximate surface area is 86.0 Å². The molecule has 0 aromatic carbocycles. The van der Waals surface area contributed by atoms with E-state index in [-0.39, 0.29) is 11.7 Å². The smallest absolute Gasteiger partial charge is 0.118 e. The highest BCUT2D eigenvalue weighted by Gasteiger charge is 2.55. The standard InChI is InChI=1S/C12H20O2/c1-9-8-12(9,14-2)11(13)10-6-4-3-5-7-10/h10-11,13H,1,3-8H2,2H3. The Hall–Kier alpha value is -0.340. The van der Waals surface area contributed by atoms with Crippen LogP contribution in [0.1, 0.15) is 38.5 Å². The van der Waals surface area contributed by atoms with E-state index >= 15 is 0 Å². The van der Waals surface area contributed by atoms with Crippen molar-refractivity contribution in [3.63, 3.8) is 0 Å². The fraction of sp³-hybridized carbons (Fsp3) is 0.833. The minimum atomic E-state index is -0.373. The highest BCUT2D eigenvalue weighted by Crippen LogP contribution is 2.50. The Balaban J connectivity index is 1.99. The highest BCUT2D eigenvalue weighted by molar-refractivity contribution is 5.36. The van der Waals surface area contributed by atoms with E-state index in [0.717, 1.165) is 24.8 Å². The van der Waals surface area contributed by atoms with Gasteiger partial charge in [-0.15, -0.1) is 0 Å². The summed E-state index contributed by atoms with van der Waals surface area (Å²) in [5.74, 6) is 0.433. The third-order valence-corrected chi connectivity index (χ3v) is 3.89. The van der Waals surface area contributed by atoms with Crippen LogP contribution in [0.5, 0.6) is 0 Å². The number of hydrogen-bond acceptors (Lipinski definition) is 2. The molecule has 0 heterocycles. The van der Waals surface area contributed by atoms with E-state index < -0.39 is 0 Å². The summed E-state index contributed by atoms with van der Waals surface area (Å²) in [5.41, 5.74) is 0.695. The van der Waals surface area contributed by atoms with Crippen LogP contribution in [0.2, 0.25) is 0 Å². The van der Waals surface area contributed by atoms with Crippen LogP contribution in [0.25, 0.3) is 0 Å². The Morgan fingerprint density at radius 1 is 1.43 bits per heavy atom. The average molecular weight is 196 g/mol. The SMILES string of the molecule is C=C1CC1(OC)C(O)C1CCCCC1. The monoisotopic (exact) mass is 196 g/mol. The molecule has 0 bridgehead atoms. The molecule has 1 N–H and O–H groups in total. The molecular formula is C12H20O2. The van der Waals surface area contributed by atoms with Gasteiger partial charge in [0.1, 0.15) is 5.60 Å². The largest absolute Gasteiger partial charge is 0.389 e. The van der Waals surface area contributed by atoms with Crippen molar-refractivity contribution in [1.82, 2.24) is 0 Å². The van der Waals surface area contributed by atoms with Crippen LogP contribution in [0.4, 0.5) is 0 Å². The van der Waals surface area contributed by atoms with Gasteiger partial charge in [-0.2, -0.15) is 0 Å². The number of aliphatic hydroxyl groups is 1. The molecule has 0 radical (unpaired) electrons. The van der Waals surface area contributed by atoms with Gasteiger partial charge in [0.25, 0.3) is 0 Å². The number of ether oxygens (including phenoxy) is 1. The van der Waals surface area contributed by atoms with Crippen LogP contribution in [0.15, 0.2) is 12.2 Å². The molecule has 2 atom stereocenters. The quantitative estimate of drug-likeness (QED) is 0.702. The molecule has 14 heavy (non-hydrogen) atoms.